The van der Waals surface area contributed by atoms with Crippen LogP contribution >= 0.6 is 0 Å². The zero-order chi connectivity index (χ0) is 14.4. The zero-order valence-corrected chi connectivity index (χ0v) is 12.0. The van der Waals surface area contributed by atoms with Crippen LogP contribution in [-0.4, -0.2) is 9.97 Å². The van der Waals surface area contributed by atoms with Crippen molar-refractivity contribution in [1.29, 1.82) is 0 Å². The van der Waals surface area contributed by atoms with Crippen LogP contribution in [0.3, 0.4) is 0 Å². The Hall–Kier alpha value is -2.14. The minimum absolute atomic E-state index is 0.680. The fraction of sp³-hybridized carbons (Fsp3) is 0.333. The van der Waals surface area contributed by atoms with Crippen molar-refractivity contribution in [3.8, 4) is 0 Å². The number of rotatable bonds is 6. The van der Waals surface area contributed by atoms with Crippen molar-refractivity contribution in [2.75, 3.05) is 10.7 Å². The molecule has 0 aliphatic carbocycles. The molecule has 5 nitrogen and oxygen atoms in total. The molecule has 0 saturated heterocycles. The van der Waals surface area contributed by atoms with E-state index < -0.39 is 0 Å². The Morgan fingerprint density at radius 2 is 1.80 bits per heavy atom. The largest absolute Gasteiger partial charge is 0.366 e. The highest BCUT2D eigenvalue weighted by atomic mass is 15.3. The van der Waals surface area contributed by atoms with Gasteiger partial charge in [-0.3, -0.25) is 0 Å². The maximum Gasteiger partial charge on any atom is 0.148 e. The predicted octanol–water partition coefficient (Wildman–Crippen LogP) is 2.64. The Balaban J connectivity index is 2.19. The number of hydrazine groups is 1. The third kappa shape index (κ3) is 3.45. The van der Waals surface area contributed by atoms with Crippen LogP contribution in [0.1, 0.15) is 30.3 Å². The third-order valence-corrected chi connectivity index (χ3v) is 3.11. The lowest BCUT2D eigenvalue weighted by atomic mass is 10.2. The van der Waals surface area contributed by atoms with Gasteiger partial charge in [-0.1, -0.05) is 37.3 Å². The summed E-state index contributed by atoms with van der Waals surface area (Å²) in [7, 11) is 0. The Bertz CT molecular complexity index is 554. The highest BCUT2D eigenvalue weighted by Gasteiger charge is 2.09. The number of hydrogen-bond acceptors (Lipinski definition) is 5. The van der Waals surface area contributed by atoms with E-state index in [-0.39, 0.29) is 0 Å². The van der Waals surface area contributed by atoms with E-state index in [0.29, 0.717) is 5.82 Å². The number of aromatic nitrogens is 2. The summed E-state index contributed by atoms with van der Waals surface area (Å²) in [6.07, 6.45) is 1.85. The fourth-order valence-electron chi connectivity index (χ4n) is 1.99. The van der Waals surface area contributed by atoms with Gasteiger partial charge < -0.3 is 10.7 Å². The number of aryl methyl sites for hydroxylation is 1. The average Bonchev–Trinajstić information content (AvgIpc) is 2.48. The van der Waals surface area contributed by atoms with Crippen LogP contribution in [-0.2, 0) is 13.0 Å². The van der Waals surface area contributed by atoms with Gasteiger partial charge in [0.1, 0.15) is 17.5 Å². The molecule has 0 amide bonds. The van der Waals surface area contributed by atoms with Crippen LogP contribution < -0.4 is 16.6 Å². The topological polar surface area (TPSA) is 75.9 Å². The van der Waals surface area contributed by atoms with E-state index in [1.807, 2.05) is 25.1 Å². The van der Waals surface area contributed by atoms with Crippen molar-refractivity contribution in [3.05, 3.63) is 47.3 Å². The number of anilines is 2. The molecule has 20 heavy (non-hydrogen) atoms. The SMILES string of the molecule is CCCc1nc(NN)c(C)c(NCc2ccccc2)n1. The quantitative estimate of drug-likeness (QED) is 0.556. The summed E-state index contributed by atoms with van der Waals surface area (Å²) in [5.41, 5.74) is 4.79. The summed E-state index contributed by atoms with van der Waals surface area (Å²) in [6, 6.07) is 10.2. The second-order valence-electron chi connectivity index (χ2n) is 4.70. The van der Waals surface area contributed by atoms with Crippen LogP contribution in [0.2, 0.25) is 0 Å². The van der Waals surface area contributed by atoms with Gasteiger partial charge >= 0.3 is 0 Å². The first kappa shape index (κ1) is 14.3. The van der Waals surface area contributed by atoms with Gasteiger partial charge in [-0.05, 0) is 18.9 Å². The summed E-state index contributed by atoms with van der Waals surface area (Å²) in [6.45, 7) is 4.79. The second-order valence-corrected chi connectivity index (χ2v) is 4.70. The average molecular weight is 271 g/mol. The molecule has 1 aromatic carbocycles. The molecule has 5 heteroatoms. The molecular weight excluding hydrogens is 250 g/mol. The molecule has 0 bridgehead atoms. The van der Waals surface area contributed by atoms with Crippen LogP contribution in [0, 0.1) is 6.92 Å². The predicted molar refractivity (Wildman–Crippen MR) is 82.3 cm³/mol. The van der Waals surface area contributed by atoms with E-state index in [2.05, 4.69) is 39.8 Å². The monoisotopic (exact) mass is 271 g/mol. The van der Waals surface area contributed by atoms with Gasteiger partial charge in [-0.25, -0.2) is 15.8 Å². The molecule has 0 radical (unpaired) electrons. The highest BCUT2D eigenvalue weighted by molar-refractivity contribution is 5.56. The Morgan fingerprint density at radius 1 is 1.10 bits per heavy atom. The summed E-state index contributed by atoms with van der Waals surface area (Å²) >= 11 is 0. The Morgan fingerprint density at radius 3 is 2.45 bits per heavy atom. The molecular formula is C15H21N5. The number of nitrogen functional groups attached to an aromatic ring is 1. The van der Waals surface area contributed by atoms with Gasteiger partial charge in [0.05, 0.1) is 0 Å². The third-order valence-electron chi connectivity index (χ3n) is 3.11. The number of hydrogen-bond donors (Lipinski definition) is 3. The van der Waals surface area contributed by atoms with Crippen LogP contribution in [0.25, 0.3) is 0 Å². The van der Waals surface area contributed by atoms with Gasteiger partial charge in [-0.15, -0.1) is 0 Å². The molecule has 0 spiro atoms. The standard InChI is InChI=1S/C15H21N5/c1-3-7-13-18-14(11(2)15(19-13)20-16)17-10-12-8-5-4-6-9-12/h4-6,8-9H,3,7,10,16H2,1-2H3,(H2,17,18,19,20). The lowest BCUT2D eigenvalue weighted by molar-refractivity contribution is 0.830. The molecule has 1 aromatic heterocycles. The van der Waals surface area contributed by atoms with E-state index in [0.717, 1.165) is 36.6 Å². The Kier molecular flexibility index (Phi) is 4.90. The summed E-state index contributed by atoms with van der Waals surface area (Å²) in [5.74, 6) is 7.84. The van der Waals surface area contributed by atoms with Gasteiger partial charge in [0.25, 0.3) is 0 Å². The maximum atomic E-state index is 5.52. The molecule has 1 heterocycles. The van der Waals surface area contributed by atoms with Crippen molar-refractivity contribution in [2.24, 2.45) is 5.84 Å². The van der Waals surface area contributed by atoms with Crippen molar-refractivity contribution >= 4 is 11.6 Å². The first-order chi connectivity index (χ1) is 9.74. The van der Waals surface area contributed by atoms with Crippen molar-refractivity contribution in [2.45, 2.75) is 33.2 Å². The fourth-order valence-corrected chi connectivity index (χ4v) is 1.99. The maximum absolute atomic E-state index is 5.52. The van der Waals surface area contributed by atoms with Gasteiger partial charge in [0.15, 0.2) is 0 Å². The van der Waals surface area contributed by atoms with Crippen LogP contribution in [0.4, 0.5) is 11.6 Å². The number of nitrogens with one attached hydrogen (secondary N) is 2. The van der Waals surface area contributed by atoms with Gasteiger partial charge in [0, 0.05) is 18.5 Å². The first-order valence-corrected chi connectivity index (χ1v) is 6.86. The molecule has 2 rings (SSSR count). The molecule has 2 aromatic rings. The zero-order valence-electron chi connectivity index (χ0n) is 12.0. The van der Waals surface area contributed by atoms with E-state index in [1.54, 1.807) is 0 Å². The molecule has 0 aliphatic rings. The Labute approximate surface area is 119 Å². The highest BCUT2D eigenvalue weighted by Crippen LogP contribution is 2.20. The van der Waals surface area contributed by atoms with Gasteiger partial charge in [0.2, 0.25) is 0 Å². The van der Waals surface area contributed by atoms with Gasteiger partial charge in [-0.2, -0.15) is 0 Å². The molecule has 106 valence electrons. The van der Waals surface area contributed by atoms with Crippen molar-refractivity contribution in [1.82, 2.24) is 9.97 Å². The number of benzene rings is 1. The van der Waals surface area contributed by atoms with Crippen molar-refractivity contribution in [3.63, 3.8) is 0 Å². The minimum atomic E-state index is 0.680. The number of nitrogens with zero attached hydrogens (tertiary/aromatic N) is 2. The van der Waals surface area contributed by atoms with Crippen molar-refractivity contribution < 1.29 is 0 Å². The molecule has 0 atom stereocenters. The summed E-state index contributed by atoms with van der Waals surface area (Å²) < 4.78 is 0. The first-order valence-electron chi connectivity index (χ1n) is 6.86. The molecule has 0 unspecified atom stereocenters. The molecule has 0 saturated carbocycles. The van der Waals surface area contributed by atoms with E-state index in [9.17, 15) is 0 Å². The second kappa shape index (κ2) is 6.86. The number of nitrogens with two attached hydrogens (primary N) is 1. The smallest absolute Gasteiger partial charge is 0.148 e. The summed E-state index contributed by atoms with van der Waals surface area (Å²) in [4.78, 5) is 8.98. The van der Waals surface area contributed by atoms with Crippen LogP contribution in [0.5, 0.6) is 0 Å². The van der Waals surface area contributed by atoms with Crippen LogP contribution in [0.15, 0.2) is 30.3 Å². The van der Waals surface area contributed by atoms with E-state index >= 15 is 0 Å². The lowest BCUT2D eigenvalue weighted by Crippen LogP contribution is -2.15. The molecule has 4 N–H and O–H groups in total. The summed E-state index contributed by atoms with van der Waals surface area (Å²) in [5, 5.41) is 3.36. The normalized spacial score (nSPS) is 10.3. The molecule has 0 aliphatic heterocycles. The van der Waals surface area contributed by atoms with E-state index in [1.165, 1.54) is 5.56 Å². The molecule has 0 fully saturated rings. The lowest BCUT2D eigenvalue weighted by Gasteiger charge is -2.13. The minimum Gasteiger partial charge on any atom is -0.366 e. The van der Waals surface area contributed by atoms with E-state index in [4.69, 9.17) is 5.84 Å².